The van der Waals surface area contributed by atoms with Gasteiger partial charge in [-0.15, -0.1) is 0 Å². The van der Waals surface area contributed by atoms with Crippen molar-refractivity contribution in [3.05, 3.63) is 107 Å². The molecule has 0 radical (unpaired) electrons. The van der Waals surface area contributed by atoms with Crippen LogP contribution in [0.2, 0.25) is 0 Å². The Morgan fingerprint density at radius 2 is 1.08 bits per heavy atom. The smallest absolute Gasteiger partial charge is 0.203 e. The molecule has 130 valence electrons. The van der Waals surface area contributed by atoms with Crippen LogP contribution in [0.15, 0.2) is 84.9 Å². The minimum absolute atomic E-state index is 0.0903. The molecule has 0 aliphatic heterocycles. The van der Waals surface area contributed by atoms with E-state index < -0.39 is 11.2 Å². The van der Waals surface area contributed by atoms with E-state index in [0.717, 1.165) is 16.7 Å². The molecule has 2 unspecified atom stereocenters. The average molecular weight is 344 g/mol. The second-order valence-corrected chi connectivity index (χ2v) is 6.38. The first kappa shape index (κ1) is 16.7. The number of carbonyl (C=O) groups excluding carboxylic acids is 1. The van der Waals surface area contributed by atoms with Crippen LogP contribution in [-0.4, -0.2) is 20.0 Å². The number of rotatable bonds is 4. The Bertz CT molecular complexity index is 936. The van der Waals surface area contributed by atoms with Gasteiger partial charge in [0, 0.05) is 25.3 Å². The van der Waals surface area contributed by atoms with Gasteiger partial charge in [-0.25, -0.2) is 0 Å². The lowest BCUT2D eigenvalue weighted by Crippen LogP contribution is -2.53. The van der Waals surface area contributed by atoms with E-state index in [0.29, 0.717) is 5.56 Å². The largest absolute Gasteiger partial charge is 0.365 e. The van der Waals surface area contributed by atoms with Crippen LogP contribution in [0.25, 0.3) is 0 Å². The molecule has 0 amide bonds. The number of fused-ring (bicyclic) bond motifs is 1. The summed E-state index contributed by atoms with van der Waals surface area (Å²) in [5, 5.41) is 0. The Morgan fingerprint density at radius 3 is 1.62 bits per heavy atom. The molecule has 3 heteroatoms. The Labute approximate surface area is 153 Å². The van der Waals surface area contributed by atoms with Crippen molar-refractivity contribution in [2.75, 3.05) is 14.2 Å². The van der Waals surface area contributed by atoms with Crippen LogP contribution < -0.4 is 0 Å². The summed E-state index contributed by atoms with van der Waals surface area (Å²) >= 11 is 0. The van der Waals surface area contributed by atoms with Gasteiger partial charge in [-0.05, 0) is 11.1 Å². The first-order valence-electron chi connectivity index (χ1n) is 8.58. The molecule has 3 aromatic rings. The summed E-state index contributed by atoms with van der Waals surface area (Å²) in [5.41, 5.74) is 0.737. The Morgan fingerprint density at radius 1 is 0.615 bits per heavy atom. The standard InChI is InChI=1S/C23H20O3/c1-25-22(17-11-5-3-6-12-17)20-16-10-9-15-19(20)21(24)23(22,26-2)18-13-7-4-8-14-18/h3-16H,1-2H3. The van der Waals surface area contributed by atoms with E-state index in [9.17, 15) is 4.79 Å². The first-order valence-corrected chi connectivity index (χ1v) is 8.58. The van der Waals surface area contributed by atoms with E-state index in [1.807, 2.05) is 84.9 Å². The fraction of sp³-hybridized carbons (Fsp3) is 0.174. The second-order valence-electron chi connectivity index (χ2n) is 6.38. The quantitative estimate of drug-likeness (QED) is 0.707. The molecular weight excluding hydrogens is 324 g/mol. The zero-order valence-electron chi connectivity index (χ0n) is 14.8. The zero-order chi connectivity index (χ0) is 18.2. The van der Waals surface area contributed by atoms with Crippen LogP contribution >= 0.6 is 0 Å². The van der Waals surface area contributed by atoms with Gasteiger partial charge in [0.1, 0.15) is 0 Å². The minimum atomic E-state index is -1.30. The van der Waals surface area contributed by atoms with Crippen LogP contribution in [-0.2, 0) is 20.7 Å². The number of hydrogen-bond acceptors (Lipinski definition) is 3. The first-order chi connectivity index (χ1) is 12.7. The van der Waals surface area contributed by atoms with E-state index >= 15 is 0 Å². The molecule has 4 rings (SSSR count). The molecule has 0 saturated carbocycles. The van der Waals surface area contributed by atoms with Crippen molar-refractivity contribution >= 4 is 5.78 Å². The molecule has 0 fully saturated rings. The Balaban J connectivity index is 2.15. The van der Waals surface area contributed by atoms with Crippen LogP contribution in [0.4, 0.5) is 0 Å². The predicted octanol–water partition coefficient (Wildman–Crippen LogP) is 4.31. The maximum atomic E-state index is 13.7. The normalized spacial score (nSPS) is 24.5. The highest BCUT2D eigenvalue weighted by Gasteiger charge is 2.66. The molecule has 1 aliphatic carbocycles. The minimum Gasteiger partial charge on any atom is -0.365 e. The van der Waals surface area contributed by atoms with Crippen molar-refractivity contribution in [3.8, 4) is 0 Å². The Hall–Kier alpha value is -2.75. The number of benzene rings is 3. The topological polar surface area (TPSA) is 35.5 Å². The van der Waals surface area contributed by atoms with E-state index in [-0.39, 0.29) is 5.78 Å². The van der Waals surface area contributed by atoms with Gasteiger partial charge >= 0.3 is 0 Å². The van der Waals surface area contributed by atoms with Crippen LogP contribution in [0, 0.1) is 0 Å². The number of methoxy groups -OCH3 is 2. The molecular formula is C23H20O3. The van der Waals surface area contributed by atoms with Gasteiger partial charge in [0.05, 0.1) is 0 Å². The van der Waals surface area contributed by atoms with Crippen molar-refractivity contribution in [2.24, 2.45) is 0 Å². The fourth-order valence-corrected chi connectivity index (χ4v) is 4.29. The fourth-order valence-electron chi connectivity index (χ4n) is 4.29. The number of ether oxygens (including phenoxy) is 2. The lowest BCUT2D eigenvalue weighted by Gasteiger charge is -2.43. The summed E-state index contributed by atoms with van der Waals surface area (Å²) < 4.78 is 12.3. The molecule has 3 aromatic carbocycles. The van der Waals surface area contributed by atoms with Crippen molar-refractivity contribution < 1.29 is 14.3 Å². The second kappa shape index (κ2) is 6.20. The number of carbonyl (C=O) groups is 1. The molecule has 26 heavy (non-hydrogen) atoms. The van der Waals surface area contributed by atoms with Gasteiger partial charge in [0.25, 0.3) is 0 Å². The van der Waals surface area contributed by atoms with Crippen molar-refractivity contribution in [2.45, 2.75) is 11.2 Å². The third-order valence-corrected chi connectivity index (χ3v) is 5.34. The number of hydrogen-bond donors (Lipinski definition) is 0. The Kier molecular flexibility index (Phi) is 3.98. The van der Waals surface area contributed by atoms with Crippen LogP contribution in [0.1, 0.15) is 27.0 Å². The lowest BCUT2D eigenvalue weighted by atomic mass is 9.73. The molecule has 0 saturated heterocycles. The molecule has 0 heterocycles. The predicted molar refractivity (Wildman–Crippen MR) is 100 cm³/mol. The number of ketones is 1. The molecule has 2 atom stereocenters. The van der Waals surface area contributed by atoms with E-state index in [1.54, 1.807) is 14.2 Å². The average Bonchev–Trinajstić information content (AvgIpc) is 2.95. The van der Waals surface area contributed by atoms with Crippen molar-refractivity contribution in [1.82, 2.24) is 0 Å². The SMILES string of the molecule is COC1(c2ccccc2)C(=O)c2ccccc2C1(OC)c1ccccc1. The molecule has 0 aromatic heterocycles. The molecule has 0 spiro atoms. The van der Waals surface area contributed by atoms with E-state index in [2.05, 4.69) is 0 Å². The van der Waals surface area contributed by atoms with Gasteiger partial charge < -0.3 is 9.47 Å². The van der Waals surface area contributed by atoms with E-state index in [4.69, 9.17) is 9.47 Å². The van der Waals surface area contributed by atoms with Crippen LogP contribution in [0.3, 0.4) is 0 Å². The number of Topliss-reactive ketones (excluding diaryl/α,β-unsaturated/α-hetero) is 1. The van der Waals surface area contributed by atoms with Gasteiger partial charge in [-0.3, -0.25) is 4.79 Å². The van der Waals surface area contributed by atoms with Gasteiger partial charge in [-0.1, -0.05) is 84.9 Å². The third kappa shape index (κ3) is 1.93. The summed E-state index contributed by atoms with van der Waals surface area (Å²) in [6.45, 7) is 0. The lowest BCUT2D eigenvalue weighted by molar-refractivity contribution is -0.142. The van der Waals surface area contributed by atoms with Gasteiger partial charge in [0.2, 0.25) is 5.78 Å². The van der Waals surface area contributed by atoms with Gasteiger partial charge in [0.15, 0.2) is 11.2 Å². The summed E-state index contributed by atoms with van der Waals surface area (Å²) in [5.74, 6) is -0.0903. The monoisotopic (exact) mass is 344 g/mol. The van der Waals surface area contributed by atoms with Crippen LogP contribution in [0.5, 0.6) is 0 Å². The zero-order valence-corrected chi connectivity index (χ0v) is 14.8. The summed E-state index contributed by atoms with van der Waals surface area (Å²) in [6.07, 6.45) is 0. The van der Waals surface area contributed by atoms with Crippen molar-refractivity contribution in [3.63, 3.8) is 0 Å². The molecule has 0 N–H and O–H groups in total. The summed E-state index contributed by atoms with van der Waals surface area (Å²) in [6, 6.07) is 27.0. The van der Waals surface area contributed by atoms with Gasteiger partial charge in [-0.2, -0.15) is 0 Å². The highest BCUT2D eigenvalue weighted by Crippen LogP contribution is 2.57. The molecule has 1 aliphatic rings. The maximum absolute atomic E-state index is 13.7. The summed E-state index contributed by atoms with van der Waals surface area (Å²) in [7, 11) is 3.21. The molecule has 3 nitrogen and oxygen atoms in total. The van der Waals surface area contributed by atoms with Crippen molar-refractivity contribution in [1.29, 1.82) is 0 Å². The highest BCUT2D eigenvalue weighted by molar-refractivity contribution is 6.10. The maximum Gasteiger partial charge on any atom is 0.203 e. The highest BCUT2D eigenvalue weighted by atomic mass is 16.6. The molecule has 0 bridgehead atoms. The third-order valence-electron chi connectivity index (χ3n) is 5.34. The summed E-state index contributed by atoms with van der Waals surface area (Å²) in [4.78, 5) is 13.7. The van der Waals surface area contributed by atoms with E-state index in [1.165, 1.54) is 0 Å².